The fourth-order valence-electron chi connectivity index (χ4n) is 1.89. The molecule has 1 aromatic carbocycles. The van der Waals surface area contributed by atoms with Gasteiger partial charge < -0.3 is 4.74 Å². The van der Waals surface area contributed by atoms with Gasteiger partial charge in [-0.1, -0.05) is 30.3 Å². The highest BCUT2D eigenvalue weighted by molar-refractivity contribution is 5.75. The number of benzene rings is 1. The summed E-state index contributed by atoms with van der Waals surface area (Å²) in [6.45, 7) is 8.57. The van der Waals surface area contributed by atoms with Crippen molar-refractivity contribution in [2.45, 2.75) is 65.3 Å². The van der Waals surface area contributed by atoms with Crippen LogP contribution in [0.5, 0.6) is 0 Å². The van der Waals surface area contributed by atoms with Gasteiger partial charge in [0.15, 0.2) is 0 Å². The van der Waals surface area contributed by atoms with Crippen LogP contribution in [0.3, 0.4) is 0 Å². The third-order valence-corrected chi connectivity index (χ3v) is 2.88. The Morgan fingerprint density at radius 3 is 2.45 bits per heavy atom. The van der Waals surface area contributed by atoms with Gasteiger partial charge in [-0.15, -0.1) is 0 Å². The van der Waals surface area contributed by atoms with Crippen LogP contribution < -0.4 is 0 Å². The van der Waals surface area contributed by atoms with E-state index in [4.69, 9.17) is 14.5 Å². The Labute approximate surface area is 133 Å². The number of rotatable bonds is 10. The molecule has 124 valence electrons. The molecule has 4 nitrogen and oxygen atoms in total. The minimum atomic E-state index is -0.376. The molecule has 0 heterocycles. The minimum Gasteiger partial charge on any atom is -0.377 e. The molecule has 1 aromatic rings. The Kier molecular flexibility index (Phi) is 8.31. The summed E-state index contributed by atoms with van der Waals surface area (Å²) in [5, 5.41) is 0. The largest absolute Gasteiger partial charge is 0.377 e. The lowest BCUT2D eigenvalue weighted by molar-refractivity contribution is -0.373. The third-order valence-electron chi connectivity index (χ3n) is 2.88. The van der Waals surface area contributed by atoms with E-state index in [-0.39, 0.29) is 17.5 Å². The molecule has 22 heavy (non-hydrogen) atoms. The first-order chi connectivity index (χ1) is 10.4. The standard InChI is InChI=1S/C18H28O4/c1-15(19)13-17(21-22-18(2,3)4)11-8-12-20-14-16-9-6-5-7-10-16/h5-7,9-10,17H,8,11-14H2,1-4H3/t17-/m1/s1. The molecular weight excluding hydrogens is 280 g/mol. The van der Waals surface area contributed by atoms with Crippen LogP contribution in [0.1, 0.15) is 52.5 Å². The molecule has 0 aliphatic carbocycles. The second kappa shape index (κ2) is 9.72. The van der Waals surface area contributed by atoms with Crippen molar-refractivity contribution in [3.8, 4) is 0 Å². The van der Waals surface area contributed by atoms with Crippen molar-refractivity contribution in [1.82, 2.24) is 0 Å². The average molecular weight is 308 g/mol. The molecule has 0 saturated carbocycles. The van der Waals surface area contributed by atoms with E-state index >= 15 is 0 Å². The zero-order chi connectivity index (χ0) is 16.4. The number of carbonyl (C=O) groups is 1. The monoisotopic (exact) mass is 308 g/mol. The topological polar surface area (TPSA) is 44.8 Å². The van der Waals surface area contributed by atoms with Gasteiger partial charge in [0.05, 0.1) is 18.3 Å². The highest BCUT2D eigenvalue weighted by Gasteiger charge is 2.18. The van der Waals surface area contributed by atoms with Crippen LogP contribution in [0.2, 0.25) is 0 Å². The smallest absolute Gasteiger partial charge is 0.132 e. The van der Waals surface area contributed by atoms with Crippen LogP contribution in [-0.2, 0) is 25.9 Å². The van der Waals surface area contributed by atoms with Crippen molar-refractivity contribution < 1.29 is 19.3 Å². The maximum Gasteiger partial charge on any atom is 0.132 e. The van der Waals surface area contributed by atoms with E-state index in [1.54, 1.807) is 6.92 Å². The van der Waals surface area contributed by atoms with E-state index in [2.05, 4.69) is 0 Å². The first-order valence-electron chi connectivity index (χ1n) is 7.82. The molecule has 0 radical (unpaired) electrons. The summed E-state index contributed by atoms with van der Waals surface area (Å²) >= 11 is 0. The second-order valence-electron chi connectivity index (χ2n) is 6.50. The van der Waals surface area contributed by atoms with Crippen LogP contribution >= 0.6 is 0 Å². The van der Waals surface area contributed by atoms with Crippen molar-refractivity contribution in [2.24, 2.45) is 0 Å². The van der Waals surface area contributed by atoms with Crippen LogP contribution in [0.15, 0.2) is 30.3 Å². The molecule has 1 rings (SSSR count). The molecule has 0 aliphatic rings. The number of hydrogen-bond donors (Lipinski definition) is 0. The number of ether oxygens (including phenoxy) is 1. The van der Waals surface area contributed by atoms with Crippen molar-refractivity contribution in [3.05, 3.63) is 35.9 Å². The predicted molar refractivity (Wildman–Crippen MR) is 86.3 cm³/mol. The van der Waals surface area contributed by atoms with Crippen molar-refractivity contribution in [3.63, 3.8) is 0 Å². The summed E-state index contributed by atoms with van der Waals surface area (Å²) in [5.74, 6) is 0.104. The number of carbonyl (C=O) groups excluding carboxylic acids is 1. The maximum atomic E-state index is 11.3. The fourth-order valence-corrected chi connectivity index (χ4v) is 1.89. The lowest BCUT2D eigenvalue weighted by Crippen LogP contribution is -2.25. The normalized spacial score (nSPS) is 13.1. The first-order valence-corrected chi connectivity index (χ1v) is 7.82. The first kappa shape index (κ1) is 18.8. The van der Waals surface area contributed by atoms with Gasteiger partial charge in [0, 0.05) is 13.0 Å². The molecule has 1 atom stereocenters. The van der Waals surface area contributed by atoms with Crippen molar-refractivity contribution in [2.75, 3.05) is 6.61 Å². The molecule has 0 unspecified atom stereocenters. The number of ketones is 1. The Morgan fingerprint density at radius 1 is 1.18 bits per heavy atom. The molecule has 4 heteroatoms. The van der Waals surface area contributed by atoms with Gasteiger partial charge in [-0.25, -0.2) is 9.78 Å². The van der Waals surface area contributed by atoms with E-state index in [0.717, 1.165) is 18.4 Å². The SMILES string of the molecule is CC(=O)C[C@@H](CCCOCc1ccccc1)OOC(C)(C)C. The van der Waals surface area contributed by atoms with Crippen LogP contribution in [-0.4, -0.2) is 24.1 Å². The summed E-state index contributed by atoms with van der Waals surface area (Å²) < 4.78 is 5.64. The van der Waals surface area contributed by atoms with Gasteiger partial charge in [0.2, 0.25) is 0 Å². The lowest BCUT2D eigenvalue weighted by Gasteiger charge is -2.22. The van der Waals surface area contributed by atoms with E-state index in [1.165, 1.54) is 0 Å². The average Bonchev–Trinajstić information content (AvgIpc) is 2.44. The quantitative estimate of drug-likeness (QED) is 0.371. The van der Waals surface area contributed by atoms with E-state index in [1.807, 2.05) is 51.1 Å². The Morgan fingerprint density at radius 2 is 1.86 bits per heavy atom. The molecule has 0 N–H and O–H groups in total. The fraction of sp³-hybridized carbons (Fsp3) is 0.611. The minimum absolute atomic E-state index is 0.104. The van der Waals surface area contributed by atoms with Crippen LogP contribution in [0.25, 0.3) is 0 Å². The van der Waals surface area contributed by atoms with Crippen molar-refractivity contribution >= 4 is 5.78 Å². The second-order valence-corrected chi connectivity index (χ2v) is 6.50. The summed E-state index contributed by atoms with van der Waals surface area (Å²) in [7, 11) is 0. The third kappa shape index (κ3) is 9.66. The number of Topliss-reactive ketones (excluding diaryl/α,β-unsaturated/α-hetero) is 1. The van der Waals surface area contributed by atoms with E-state index < -0.39 is 0 Å². The molecular formula is C18H28O4. The predicted octanol–water partition coefficient (Wildman–Crippen LogP) is 4.08. The molecule has 0 saturated heterocycles. The van der Waals surface area contributed by atoms with E-state index in [0.29, 0.717) is 19.6 Å². The zero-order valence-electron chi connectivity index (χ0n) is 14.1. The Hall–Kier alpha value is -1.23. The molecule has 0 aliphatic heterocycles. The maximum absolute atomic E-state index is 11.3. The molecule has 0 spiro atoms. The van der Waals surface area contributed by atoms with Crippen molar-refractivity contribution in [1.29, 1.82) is 0 Å². The highest BCUT2D eigenvalue weighted by atomic mass is 17.2. The number of hydrogen-bond acceptors (Lipinski definition) is 4. The summed E-state index contributed by atoms with van der Waals surface area (Å²) in [6.07, 6.45) is 1.73. The summed E-state index contributed by atoms with van der Waals surface area (Å²) in [5.41, 5.74) is 0.786. The molecule has 0 amide bonds. The van der Waals surface area contributed by atoms with E-state index in [9.17, 15) is 4.79 Å². The van der Waals surface area contributed by atoms with Gasteiger partial charge in [-0.3, -0.25) is 4.79 Å². The van der Waals surface area contributed by atoms with Gasteiger partial charge in [0.25, 0.3) is 0 Å². The molecule has 0 fully saturated rings. The van der Waals surface area contributed by atoms with Crippen LogP contribution in [0.4, 0.5) is 0 Å². The van der Waals surface area contributed by atoms with Gasteiger partial charge in [-0.05, 0) is 46.1 Å². The molecule has 0 bridgehead atoms. The lowest BCUT2D eigenvalue weighted by atomic mass is 10.1. The summed E-state index contributed by atoms with van der Waals surface area (Å²) in [6, 6.07) is 10.1. The van der Waals surface area contributed by atoms with Gasteiger partial charge >= 0.3 is 0 Å². The Bertz CT molecular complexity index is 422. The van der Waals surface area contributed by atoms with Crippen LogP contribution in [0, 0.1) is 0 Å². The zero-order valence-corrected chi connectivity index (χ0v) is 14.1. The highest BCUT2D eigenvalue weighted by Crippen LogP contribution is 2.15. The summed E-state index contributed by atoms with van der Waals surface area (Å²) in [4.78, 5) is 22.0. The Balaban J connectivity index is 2.23. The van der Waals surface area contributed by atoms with Gasteiger partial charge in [0.1, 0.15) is 5.78 Å². The van der Waals surface area contributed by atoms with Gasteiger partial charge in [-0.2, -0.15) is 0 Å². The molecule has 0 aromatic heterocycles.